The molecule has 5 nitrogen and oxygen atoms in total. The van der Waals surface area contributed by atoms with E-state index >= 15 is 0 Å². The molecule has 1 aromatic heterocycles. The van der Waals surface area contributed by atoms with Gasteiger partial charge in [0, 0.05) is 49.5 Å². The predicted molar refractivity (Wildman–Crippen MR) is 130 cm³/mol. The third kappa shape index (κ3) is 5.89. The number of hydrogen-bond donors (Lipinski definition) is 2. The summed E-state index contributed by atoms with van der Waals surface area (Å²) in [5, 5.41) is 0. The Bertz CT molecular complexity index is 909. The predicted octanol–water partition coefficient (Wildman–Crippen LogP) is 2.97. The van der Waals surface area contributed by atoms with Crippen LogP contribution in [0.2, 0.25) is 0 Å². The summed E-state index contributed by atoms with van der Waals surface area (Å²) in [6.45, 7) is 1.87. The number of rotatable bonds is 8. The van der Waals surface area contributed by atoms with Gasteiger partial charge in [-0.05, 0) is 36.8 Å². The SMILES string of the molecule is CN(C(=O)CN(C)c1ccc(/C=C/c2cccc[n+]2C)cc1)C(=O)C(C)(CS)CS. The molecule has 0 unspecified atom stereocenters. The standard InChI is InChI=1S/C23H29N3O2S2/c1-23(16-29,17-30)22(28)26(4)21(27)15-25(3)20-12-9-18(10-13-20)8-11-19-7-5-6-14-24(19)2/h5-14H,15-17H2,1-4H3,(H-,29,30)/p+1. The number of anilines is 1. The molecule has 7 heteroatoms. The molecule has 0 radical (unpaired) electrons. The van der Waals surface area contributed by atoms with Crippen LogP contribution in [0.1, 0.15) is 18.2 Å². The van der Waals surface area contributed by atoms with Crippen LogP contribution in [0.4, 0.5) is 5.69 Å². The van der Waals surface area contributed by atoms with Gasteiger partial charge >= 0.3 is 0 Å². The average molecular weight is 445 g/mol. The second-order valence-electron chi connectivity index (χ2n) is 7.65. The molecule has 0 saturated heterocycles. The first-order chi connectivity index (χ1) is 14.2. The average Bonchev–Trinajstić information content (AvgIpc) is 2.77. The highest BCUT2D eigenvalue weighted by Crippen LogP contribution is 2.23. The minimum atomic E-state index is -0.765. The summed E-state index contributed by atoms with van der Waals surface area (Å²) >= 11 is 8.48. The molecule has 1 heterocycles. The molecule has 160 valence electrons. The number of aryl methyl sites for hydroxylation is 1. The Morgan fingerprint density at radius 3 is 2.23 bits per heavy atom. The van der Waals surface area contributed by atoms with Crippen LogP contribution >= 0.6 is 25.3 Å². The Morgan fingerprint density at radius 2 is 1.67 bits per heavy atom. The molecule has 2 aromatic rings. The van der Waals surface area contributed by atoms with Crippen molar-refractivity contribution in [2.45, 2.75) is 6.92 Å². The van der Waals surface area contributed by atoms with Crippen molar-refractivity contribution in [2.24, 2.45) is 12.5 Å². The largest absolute Gasteiger partial charge is 0.365 e. The summed E-state index contributed by atoms with van der Waals surface area (Å²) in [6, 6.07) is 14.0. The zero-order valence-corrected chi connectivity index (χ0v) is 19.7. The third-order valence-corrected chi connectivity index (χ3v) is 6.54. The number of pyridine rings is 1. The first-order valence-corrected chi connectivity index (χ1v) is 10.9. The molecule has 0 aliphatic rings. The molecular weight excluding hydrogens is 414 g/mol. The van der Waals surface area contributed by atoms with Crippen LogP contribution in [-0.2, 0) is 16.6 Å². The quantitative estimate of drug-likeness (QED) is 0.486. The van der Waals surface area contributed by atoms with Crippen molar-refractivity contribution < 1.29 is 14.2 Å². The fourth-order valence-corrected chi connectivity index (χ4v) is 3.51. The number of hydrogen-bond acceptors (Lipinski definition) is 5. The van der Waals surface area contributed by atoms with E-state index in [1.54, 1.807) is 6.92 Å². The van der Waals surface area contributed by atoms with Crippen molar-refractivity contribution in [2.75, 3.05) is 37.0 Å². The lowest BCUT2D eigenvalue weighted by atomic mass is 9.94. The molecule has 0 atom stereocenters. The summed E-state index contributed by atoms with van der Waals surface area (Å²) in [4.78, 5) is 28.2. The Labute approximate surface area is 190 Å². The van der Waals surface area contributed by atoms with Crippen LogP contribution in [0.15, 0.2) is 48.7 Å². The summed E-state index contributed by atoms with van der Waals surface area (Å²) < 4.78 is 2.05. The number of thiol groups is 2. The van der Waals surface area contributed by atoms with Gasteiger partial charge in [0.1, 0.15) is 7.05 Å². The van der Waals surface area contributed by atoms with Crippen molar-refractivity contribution in [3.8, 4) is 0 Å². The van der Waals surface area contributed by atoms with E-state index in [2.05, 4.69) is 42.0 Å². The molecule has 0 spiro atoms. The molecule has 0 N–H and O–H groups in total. The van der Waals surface area contributed by atoms with Gasteiger partial charge in [-0.3, -0.25) is 14.5 Å². The van der Waals surface area contributed by atoms with Crippen LogP contribution in [0.5, 0.6) is 0 Å². The summed E-state index contributed by atoms with van der Waals surface area (Å²) in [5.41, 5.74) is 2.30. The minimum absolute atomic E-state index is 0.104. The van der Waals surface area contributed by atoms with Gasteiger partial charge in [-0.1, -0.05) is 12.1 Å². The molecule has 2 rings (SSSR count). The van der Waals surface area contributed by atoms with Crippen molar-refractivity contribution in [1.29, 1.82) is 0 Å². The Morgan fingerprint density at radius 1 is 1.03 bits per heavy atom. The van der Waals surface area contributed by atoms with Crippen molar-refractivity contribution in [3.05, 3.63) is 59.9 Å². The van der Waals surface area contributed by atoms with Crippen LogP contribution in [0.3, 0.4) is 0 Å². The highest BCUT2D eigenvalue weighted by Gasteiger charge is 2.35. The van der Waals surface area contributed by atoms with Crippen LogP contribution in [0.25, 0.3) is 12.2 Å². The zero-order chi connectivity index (χ0) is 22.3. The Hall–Kier alpha value is -2.25. The maximum Gasteiger partial charge on any atom is 0.248 e. The lowest BCUT2D eigenvalue weighted by Gasteiger charge is -2.30. The summed E-state index contributed by atoms with van der Waals surface area (Å²) in [5.74, 6) is 0.135. The molecule has 0 aliphatic heterocycles. The highest BCUT2D eigenvalue weighted by molar-refractivity contribution is 7.81. The molecule has 2 amide bonds. The van der Waals surface area contributed by atoms with Gasteiger partial charge in [0.2, 0.25) is 17.5 Å². The second kappa shape index (κ2) is 10.7. The number of amides is 2. The van der Waals surface area contributed by atoms with E-state index in [0.717, 1.165) is 16.9 Å². The fourth-order valence-electron chi connectivity index (χ4n) is 2.83. The van der Waals surface area contributed by atoms with Gasteiger partial charge in [-0.15, -0.1) is 0 Å². The van der Waals surface area contributed by atoms with Gasteiger partial charge < -0.3 is 4.90 Å². The van der Waals surface area contributed by atoms with Gasteiger partial charge in [-0.25, -0.2) is 4.57 Å². The van der Waals surface area contributed by atoms with E-state index in [9.17, 15) is 9.59 Å². The number of aromatic nitrogens is 1. The van der Waals surface area contributed by atoms with Crippen LogP contribution in [-0.4, -0.2) is 48.9 Å². The zero-order valence-electron chi connectivity index (χ0n) is 17.9. The van der Waals surface area contributed by atoms with E-state index in [4.69, 9.17) is 0 Å². The molecule has 30 heavy (non-hydrogen) atoms. The monoisotopic (exact) mass is 444 g/mol. The minimum Gasteiger partial charge on any atom is -0.365 e. The topological polar surface area (TPSA) is 44.5 Å². The number of likely N-dealkylation sites (N-methyl/N-ethyl adjacent to an activating group) is 2. The van der Waals surface area contributed by atoms with E-state index in [1.807, 2.05) is 67.7 Å². The first-order valence-electron chi connectivity index (χ1n) is 9.68. The van der Waals surface area contributed by atoms with Crippen LogP contribution < -0.4 is 9.47 Å². The van der Waals surface area contributed by atoms with E-state index < -0.39 is 5.41 Å². The third-order valence-electron chi connectivity index (χ3n) is 5.14. The van der Waals surface area contributed by atoms with Gasteiger partial charge in [0.05, 0.1) is 12.0 Å². The maximum atomic E-state index is 12.6. The highest BCUT2D eigenvalue weighted by atomic mass is 32.1. The normalized spacial score (nSPS) is 11.5. The van der Waals surface area contributed by atoms with Crippen molar-refractivity contribution >= 4 is 54.9 Å². The van der Waals surface area contributed by atoms with Gasteiger partial charge in [0.25, 0.3) is 0 Å². The molecule has 0 fully saturated rings. The second-order valence-corrected chi connectivity index (χ2v) is 8.28. The number of benzene rings is 1. The Balaban J connectivity index is 2.02. The lowest BCUT2D eigenvalue weighted by Crippen LogP contribution is -2.48. The van der Waals surface area contributed by atoms with E-state index in [1.165, 1.54) is 11.9 Å². The molecule has 0 bridgehead atoms. The van der Waals surface area contributed by atoms with Gasteiger partial charge in [-0.2, -0.15) is 25.3 Å². The molecule has 0 saturated carbocycles. The number of imide groups is 1. The maximum absolute atomic E-state index is 12.6. The first kappa shape index (κ1) is 24.0. The number of nitrogens with zero attached hydrogens (tertiary/aromatic N) is 3. The van der Waals surface area contributed by atoms with E-state index in [-0.39, 0.29) is 18.4 Å². The molecule has 1 aromatic carbocycles. The smallest absolute Gasteiger partial charge is 0.248 e. The van der Waals surface area contributed by atoms with Crippen molar-refractivity contribution in [1.82, 2.24) is 4.90 Å². The lowest BCUT2D eigenvalue weighted by molar-refractivity contribution is -0.673. The van der Waals surface area contributed by atoms with Gasteiger partial charge in [0.15, 0.2) is 6.20 Å². The molecular formula is C23H30N3O2S2+. The summed E-state index contributed by atoms with van der Waals surface area (Å²) in [6.07, 6.45) is 6.11. The Kier molecular flexibility index (Phi) is 8.55. The number of carbonyl (C=O) groups excluding carboxylic acids is 2. The summed E-state index contributed by atoms with van der Waals surface area (Å²) in [7, 11) is 5.36. The van der Waals surface area contributed by atoms with Crippen LogP contribution in [0, 0.1) is 5.41 Å². The van der Waals surface area contributed by atoms with E-state index in [0.29, 0.717) is 11.5 Å². The van der Waals surface area contributed by atoms with Crippen molar-refractivity contribution in [3.63, 3.8) is 0 Å². The fraction of sp³-hybridized carbons (Fsp3) is 0.348. The number of carbonyl (C=O) groups is 2. The molecule has 0 aliphatic carbocycles.